The van der Waals surface area contributed by atoms with Crippen molar-refractivity contribution in [3.63, 3.8) is 0 Å². The van der Waals surface area contributed by atoms with Crippen molar-refractivity contribution in [3.05, 3.63) is 126 Å². The first kappa shape index (κ1) is 25.9. The molecule has 0 saturated carbocycles. The van der Waals surface area contributed by atoms with Crippen molar-refractivity contribution >= 4 is 22.6 Å². The van der Waals surface area contributed by atoms with E-state index in [1.165, 1.54) is 6.20 Å². The highest BCUT2D eigenvalue weighted by Crippen LogP contribution is 2.42. The molecule has 4 atom stereocenters. The third-order valence-corrected chi connectivity index (χ3v) is 7.39. The van der Waals surface area contributed by atoms with E-state index in [4.69, 9.17) is 9.47 Å². The number of hydrogen-bond acceptors (Lipinski definition) is 6. The molecule has 1 amide bonds. The fraction of sp³-hybridized carbons (Fsp3) is 0.219. The Morgan fingerprint density at radius 1 is 0.950 bits per heavy atom. The molecule has 40 heavy (non-hydrogen) atoms. The van der Waals surface area contributed by atoms with E-state index >= 15 is 0 Å². The van der Waals surface area contributed by atoms with Gasteiger partial charge in [0.15, 0.2) is 6.29 Å². The summed E-state index contributed by atoms with van der Waals surface area (Å²) in [6.07, 6.45) is 4.02. The predicted octanol–water partition coefficient (Wildman–Crippen LogP) is 5.67. The SMILES string of the molecule is CC1C(Cn2cnc3ccccc32)OC(c2ccc(NC(=O)c3cccnc3)cc2)OC1c1ccc(CO)cc1. The van der Waals surface area contributed by atoms with Gasteiger partial charge in [0.05, 0.1) is 48.3 Å². The molecule has 1 aliphatic rings. The minimum Gasteiger partial charge on any atom is -0.392 e. The molecule has 0 radical (unpaired) electrons. The second kappa shape index (κ2) is 11.4. The van der Waals surface area contributed by atoms with Gasteiger partial charge >= 0.3 is 0 Å². The second-order valence-electron chi connectivity index (χ2n) is 10.0. The molecule has 2 N–H and O–H groups in total. The zero-order chi connectivity index (χ0) is 27.5. The van der Waals surface area contributed by atoms with Gasteiger partial charge in [-0.05, 0) is 47.5 Å². The van der Waals surface area contributed by atoms with Gasteiger partial charge in [-0.2, -0.15) is 0 Å². The number of ether oxygens (including phenoxy) is 2. The van der Waals surface area contributed by atoms with Gasteiger partial charge in [-0.15, -0.1) is 0 Å². The van der Waals surface area contributed by atoms with E-state index in [2.05, 4.69) is 32.8 Å². The Bertz CT molecular complexity index is 1590. The molecule has 3 heterocycles. The molecule has 8 nitrogen and oxygen atoms in total. The Morgan fingerprint density at radius 3 is 2.48 bits per heavy atom. The maximum absolute atomic E-state index is 12.5. The summed E-state index contributed by atoms with van der Waals surface area (Å²) < 4.78 is 15.3. The maximum Gasteiger partial charge on any atom is 0.257 e. The van der Waals surface area contributed by atoms with Crippen molar-refractivity contribution in [2.45, 2.75) is 38.6 Å². The van der Waals surface area contributed by atoms with Gasteiger partial charge in [-0.3, -0.25) is 9.78 Å². The number of anilines is 1. The summed E-state index contributed by atoms with van der Waals surface area (Å²) in [4.78, 5) is 21.1. The van der Waals surface area contributed by atoms with E-state index < -0.39 is 6.29 Å². The molecule has 4 unspecified atom stereocenters. The summed E-state index contributed by atoms with van der Waals surface area (Å²) in [5, 5.41) is 12.4. The Labute approximate surface area is 232 Å². The normalized spacial score (nSPS) is 20.9. The molecule has 8 heteroatoms. The fourth-order valence-electron chi connectivity index (χ4n) is 5.10. The average molecular weight is 535 g/mol. The van der Waals surface area contributed by atoms with Gasteiger partial charge in [0.2, 0.25) is 0 Å². The third kappa shape index (κ3) is 5.37. The Hall–Kier alpha value is -4.37. The molecule has 6 rings (SSSR count). The number of aromatic nitrogens is 3. The first-order valence-electron chi connectivity index (χ1n) is 13.3. The lowest BCUT2D eigenvalue weighted by atomic mass is 9.90. The number of nitrogens with zero attached hydrogens (tertiary/aromatic N) is 3. The highest BCUT2D eigenvalue weighted by atomic mass is 16.7. The minimum atomic E-state index is -0.610. The Balaban J connectivity index is 1.26. The number of para-hydroxylation sites is 2. The lowest BCUT2D eigenvalue weighted by molar-refractivity contribution is -0.276. The highest BCUT2D eigenvalue weighted by Gasteiger charge is 2.38. The molecular weight excluding hydrogens is 504 g/mol. The zero-order valence-corrected chi connectivity index (χ0v) is 22.1. The predicted molar refractivity (Wildman–Crippen MR) is 151 cm³/mol. The quantitative estimate of drug-likeness (QED) is 0.279. The zero-order valence-electron chi connectivity index (χ0n) is 22.1. The average Bonchev–Trinajstić information content (AvgIpc) is 3.42. The fourth-order valence-corrected chi connectivity index (χ4v) is 5.10. The number of aliphatic hydroxyl groups excluding tert-OH is 1. The monoisotopic (exact) mass is 534 g/mol. The van der Waals surface area contributed by atoms with Gasteiger partial charge in [-0.1, -0.05) is 55.5 Å². The lowest BCUT2D eigenvalue weighted by Gasteiger charge is -2.41. The molecule has 2 aromatic heterocycles. The summed E-state index contributed by atoms with van der Waals surface area (Å²) in [5.74, 6) is -0.186. The van der Waals surface area contributed by atoms with Crippen LogP contribution in [0.25, 0.3) is 11.0 Å². The Morgan fingerprint density at radius 2 is 1.73 bits per heavy atom. The van der Waals surface area contributed by atoms with Crippen LogP contribution in [0.4, 0.5) is 5.69 Å². The molecule has 202 valence electrons. The lowest BCUT2D eigenvalue weighted by Crippen LogP contribution is -2.39. The molecule has 1 saturated heterocycles. The van der Waals surface area contributed by atoms with Crippen LogP contribution in [0, 0.1) is 5.92 Å². The Kier molecular flexibility index (Phi) is 7.37. The number of pyridine rings is 1. The van der Waals surface area contributed by atoms with Crippen molar-refractivity contribution < 1.29 is 19.4 Å². The first-order chi connectivity index (χ1) is 19.6. The molecule has 0 spiro atoms. The number of carbonyl (C=O) groups excluding carboxylic acids is 1. The van der Waals surface area contributed by atoms with Crippen molar-refractivity contribution in [3.8, 4) is 0 Å². The van der Waals surface area contributed by atoms with Crippen LogP contribution in [-0.2, 0) is 22.6 Å². The van der Waals surface area contributed by atoms with E-state index in [1.807, 2.05) is 73.1 Å². The molecule has 1 aliphatic heterocycles. The van der Waals surface area contributed by atoms with Gasteiger partial charge in [0, 0.05) is 29.6 Å². The van der Waals surface area contributed by atoms with E-state index in [1.54, 1.807) is 18.3 Å². The van der Waals surface area contributed by atoms with Crippen molar-refractivity contribution in [1.29, 1.82) is 0 Å². The largest absolute Gasteiger partial charge is 0.392 e. The van der Waals surface area contributed by atoms with Crippen LogP contribution in [0.15, 0.2) is 104 Å². The van der Waals surface area contributed by atoms with Crippen molar-refractivity contribution in [1.82, 2.24) is 14.5 Å². The van der Waals surface area contributed by atoms with E-state index in [0.29, 0.717) is 17.8 Å². The van der Waals surface area contributed by atoms with Crippen LogP contribution in [0.5, 0.6) is 0 Å². The molecule has 3 aromatic carbocycles. The van der Waals surface area contributed by atoms with Crippen LogP contribution in [-0.4, -0.2) is 31.7 Å². The first-order valence-corrected chi connectivity index (χ1v) is 13.3. The van der Waals surface area contributed by atoms with E-state index in [0.717, 1.165) is 27.7 Å². The number of rotatable bonds is 7. The van der Waals surface area contributed by atoms with Crippen LogP contribution < -0.4 is 5.32 Å². The maximum atomic E-state index is 12.5. The van der Waals surface area contributed by atoms with Crippen molar-refractivity contribution in [2.24, 2.45) is 5.92 Å². The highest BCUT2D eigenvalue weighted by molar-refractivity contribution is 6.04. The number of aliphatic hydroxyl groups is 1. The number of fused-ring (bicyclic) bond motifs is 1. The molecule has 0 aliphatic carbocycles. The molecular formula is C32H30N4O4. The summed E-state index contributed by atoms with van der Waals surface area (Å²) in [5.41, 5.74) is 5.88. The summed E-state index contributed by atoms with van der Waals surface area (Å²) in [6, 6.07) is 26.9. The van der Waals surface area contributed by atoms with Crippen LogP contribution in [0.3, 0.4) is 0 Å². The smallest absolute Gasteiger partial charge is 0.257 e. The van der Waals surface area contributed by atoms with Gasteiger partial charge in [0.25, 0.3) is 5.91 Å². The van der Waals surface area contributed by atoms with Gasteiger partial charge < -0.3 is 24.5 Å². The number of carbonyl (C=O) groups is 1. The van der Waals surface area contributed by atoms with Crippen molar-refractivity contribution in [2.75, 3.05) is 5.32 Å². The molecule has 1 fully saturated rings. The standard InChI is InChI=1S/C32H30N4O4/c1-21-29(18-36-20-34-27-6-2-3-7-28(27)36)39-32(40-30(21)23-10-8-22(19-37)9-11-23)24-12-14-26(15-13-24)35-31(38)25-5-4-16-33-17-25/h2-17,20-21,29-30,32,37H,18-19H2,1H3,(H,35,38). The number of nitrogens with one attached hydrogen (secondary N) is 1. The topological polar surface area (TPSA) is 98.5 Å². The van der Waals surface area contributed by atoms with E-state index in [-0.39, 0.29) is 30.6 Å². The minimum absolute atomic E-state index is 0.00685. The molecule has 5 aromatic rings. The summed E-state index contributed by atoms with van der Waals surface area (Å²) >= 11 is 0. The molecule has 0 bridgehead atoms. The van der Waals surface area contributed by atoms with E-state index in [9.17, 15) is 9.90 Å². The number of amides is 1. The van der Waals surface area contributed by atoms with Crippen LogP contribution in [0.2, 0.25) is 0 Å². The summed E-state index contributed by atoms with van der Waals surface area (Å²) in [6.45, 7) is 2.75. The van der Waals surface area contributed by atoms with Crippen LogP contribution >= 0.6 is 0 Å². The number of hydrogen-bond donors (Lipinski definition) is 2. The number of benzene rings is 3. The van der Waals surface area contributed by atoms with Gasteiger partial charge in [0.1, 0.15) is 0 Å². The second-order valence-corrected chi connectivity index (χ2v) is 10.0. The van der Waals surface area contributed by atoms with Gasteiger partial charge in [-0.25, -0.2) is 4.98 Å². The third-order valence-electron chi connectivity index (χ3n) is 7.39. The summed E-state index contributed by atoms with van der Waals surface area (Å²) in [7, 11) is 0. The number of imidazole rings is 1. The van der Waals surface area contributed by atoms with Crippen LogP contribution in [0.1, 0.15) is 46.4 Å².